The fraction of sp³-hybridized carbons (Fsp3) is 0.792. The summed E-state index contributed by atoms with van der Waals surface area (Å²) in [5, 5.41) is 2.57. The molecule has 4 rings (SSSR count). The molecule has 3 saturated carbocycles. The van der Waals surface area contributed by atoms with Gasteiger partial charge in [0.2, 0.25) is 0 Å². The third-order valence-electron chi connectivity index (χ3n) is 9.08. The van der Waals surface area contributed by atoms with Gasteiger partial charge in [0.15, 0.2) is 0 Å². The van der Waals surface area contributed by atoms with Crippen molar-refractivity contribution >= 4 is 29.1 Å². The second-order valence-electron chi connectivity index (χ2n) is 10.4. The van der Waals surface area contributed by atoms with Crippen molar-refractivity contribution < 1.29 is 14.3 Å². The number of isothiocyanates is 1. The van der Waals surface area contributed by atoms with Crippen LogP contribution in [0.3, 0.4) is 0 Å². The highest BCUT2D eigenvalue weighted by molar-refractivity contribution is 7.78. The van der Waals surface area contributed by atoms with Crippen LogP contribution < -0.4 is 0 Å². The van der Waals surface area contributed by atoms with E-state index in [-0.39, 0.29) is 40.6 Å². The van der Waals surface area contributed by atoms with E-state index >= 15 is 0 Å². The van der Waals surface area contributed by atoms with Crippen LogP contribution in [0.4, 0.5) is 0 Å². The summed E-state index contributed by atoms with van der Waals surface area (Å²) in [7, 11) is 0. The Kier molecular flexibility index (Phi) is 5.36. The molecule has 0 saturated heterocycles. The first-order chi connectivity index (χ1) is 13.7. The van der Waals surface area contributed by atoms with Gasteiger partial charge in [0, 0.05) is 19.3 Å². The molecule has 4 nitrogen and oxygen atoms in total. The van der Waals surface area contributed by atoms with Crippen LogP contribution in [0, 0.1) is 34.5 Å². The van der Waals surface area contributed by atoms with Gasteiger partial charge in [-0.1, -0.05) is 25.5 Å². The van der Waals surface area contributed by atoms with Gasteiger partial charge >= 0.3 is 5.97 Å². The van der Waals surface area contributed by atoms with E-state index in [1.807, 2.05) is 0 Å². The van der Waals surface area contributed by atoms with Gasteiger partial charge in [-0.05, 0) is 86.3 Å². The number of esters is 1. The Hall–Kier alpha value is -1.32. The minimum atomic E-state index is -0.173. The smallest absolute Gasteiger partial charge is 0.302 e. The second kappa shape index (κ2) is 7.42. The fourth-order valence-electron chi connectivity index (χ4n) is 7.91. The van der Waals surface area contributed by atoms with Crippen LogP contribution >= 0.6 is 12.2 Å². The summed E-state index contributed by atoms with van der Waals surface area (Å²) in [5.74, 6) is 1.80. The molecule has 0 radical (unpaired) electrons. The van der Waals surface area contributed by atoms with Gasteiger partial charge < -0.3 is 4.74 Å². The van der Waals surface area contributed by atoms with Crippen molar-refractivity contribution in [1.29, 1.82) is 0 Å². The Labute approximate surface area is 179 Å². The molecule has 5 heteroatoms. The molecule has 0 bridgehead atoms. The summed E-state index contributed by atoms with van der Waals surface area (Å²) in [4.78, 5) is 28.5. The molecule has 0 unspecified atom stereocenters. The van der Waals surface area contributed by atoms with Gasteiger partial charge in [-0.25, -0.2) is 4.99 Å². The first-order valence-electron chi connectivity index (χ1n) is 11.1. The van der Waals surface area contributed by atoms with Crippen molar-refractivity contribution in [2.45, 2.75) is 84.8 Å². The van der Waals surface area contributed by atoms with Crippen LogP contribution in [-0.4, -0.2) is 29.1 Å². The minimum absolute atomic E-state index is 0.00312. The first-order valence-corrected chi connectivity index (χ1v) is 11.6. The standard InChI is InChI=1S/C24H33NO3S/c1-14(26)22-21(25-13-29)12-20-18-6-5-16-11-17(28-15(2)27)7-9-23(16,3)19(18)8-10-24(20,22)4/h5,17-22H,6-12H2,1-4H3/t17-,18+,19-,20+,21+,22-,23+,24+/m1/s1. The number of Topliss-reactive ketones (excluding diaryl/α,β-unsaturated/α-hetero) is 1. The molecular weight excluding hydrogens is 382 g/mol. The highest BCUT2D eigenvalue weighted by Crippen LogP contribution is 2.66. The van der Waals surface area contributed by atoms with Gasteiger partial charge in [0.25, 0.3) is 0 Å². The van der Waals surface area contributed by atoms with E-state index in [0.29, 0.717) is 17.8 Å². The van der Waals surface area contributed by atoms with Crippen LogP contribution in [0.2, 0.25) is 0 Å². The number of hydrogen-bond donors (Lipinski definition) is 0. The molecule has 0 spiro atoms. The largest absolute Gasteiger partial charge is 0.462 e. The van der Waals surface area contributed by atoms with Crippen LogP contribution in [0.1, 0.15) is 72.6 Å². The molecule has 0 amide bonds. The normalized spacial score (nSPS) is 45.7. The predicted octanol–water partition coefficient (Wildman–Crippen LogP) is 5.17. The summed E-state index contributed by atoms with van der Waals surface area (Å²) in [6, 6.07) is -0.00312. The number of ketones is 1. The highest BCUT2D eigenvalue weighted by Gasteiger charge is 2.62. The maximum absolute atomic E-state index is 12.6. The van der Waals surface area contributed by atoms with Crippen molar-refractivity contribution in [3.8, 4) is 0 Å². The number of ether oxygens (including phenoxy) is 1. The van der Waals surface area contributed by atoms with Gasteiger partial charge in [0.1, 0.15) is 11.9 Å². The van der Waals surface area contributed by atoms with E-state index in [0.717, 1.165) is 38.5 Å². The zero-order valence-corrected chi connectivity index (χ0v) is 18.9. The molecule has 158 valence electrons. The van der Waals surface area contributed by atoms with E-state index in [1.54, 1.807) is 6.92 Å². The van der Waals surface area contributed by atoms with Gasteiger partial charge in [-0.15, -0.1) is 0 Å². The number of hydrogen-bond acceptors (Lipinski definition) is 5. The molecule has 3 fully saturated rings. The Morgan fingerprint density at radius 3 is 2.62 bits per heavy atom. The SMILES string of the molecule is CC(=O)O[C@@H]1CC[C@@]2(C)C(=CC[C@H]3[C@H]2CC[C@]2(C)[C@H](C(C)=O)[C@@H](N=C=S)C[C@@H]32)C1. The number of carbonyl (C=O) groups excluding carboxylic acids is 2. The summed E-state index contributed by atoms with van der Waals surface area (Å²) < 4.78 is 5.54. The maximum atomic E-state index is 12.6. The zero-order valence-electron chi connectivity index (χ0n) is 18.1. The third kappa shape index (κ3) is 3.25. The number of aliphatic imine (C=N–C) groups is 1. The van der Waals surface area contributed by atoms with Crippen LogP contribution in [0.5, 0.6) is 0 Å². The quantitative estimate of drug-likeness (QED) is 0.276. The van der Waals surface area contributed by atoms with Crippen LogP contribution in [-0.2, 0) is 14.3 Å². The van der Waals surface area contributed by atoms with Crippen molar-refractivity contribution in [3.05, 3.63) is 11.6 Å². The molecule has 0 aromatic carbocycles. The lowest BCUT2D eigenvalue weighted by Gasteiger charge is -2.57. The van der Waals surface area contributed by atoms with Gasteiger partial charge in [-0.3, -0.25) is 9.59 Å². The lowest BCUT2D eigenvalue weighted by atomic mass is 9.47. The monoisotopic (exact) mass is 415 g/mol. The summed E-state index contributed by atoms with van der Waals surface area (Å²) in [6.07, 6.45) is 9.68. The van der Waals surface area contributed by atoms with Crippen molar-refractivity contribution in [2.24, 2.45) is 39.5 Å². The molecule has 0 N–H and O–H groups in total. The topological polar surface area (TPSA) is 55.7 Å². The lowest BCUT2D eigenvalue weighted by molar-refractivity contribution is -0.149. The van der Waals surface area contributed by atoms with Gasteiger partial charge in [0.05, 0.1) is 11.2 Å². The first kappa shape index (κ1) is 20.9. The summed E-state index contributed by atoms with van der Waals surface area (Å²) in [6.45, 7) is 8.00. The van der Waals surface area contributed by atoms with Crippen LogP contribution in [0.25, 0.3) is 0 Å². The Bertz CT molecular complexity index is 800. The third-order valence-corrected chi connectivity index (χ3v) is 9.18. The number of rotatable bonds is 3. The van der Waals surface area contributed by atoms with E-state index < -0.39 is 0 Å². The van der Waals surface area contributed by atoms with E-state index in [4.69, 9.17) is 17.0 Å². The van der Waals surface area contributed by atoms with Crippen LogP contribution in [0.15, 0.2) is 16.6 Å². The number of carbonyl (C=O) groups is 2. The molecule has 0 aliphatic heterocycles. The average Bonchev–Trinajstić information content (AvgIpc) is 2.94. The minimum Gasteiger partial charge on any atom is -0.462 e. The Morgan fingerprint density at radius 2 is 1.97 bits per heavy atom. The summed E-state index contributed by atoms with van der Waals surface area (Å²) in [5.41, 5.74) is 1.71. The van der Waals surface area contributed by atoms with Crippen molar-refractivity contribution in [3.63, 3.8) is 0 Å². The van der Waals surface area contributed by atoms with E-state index in [9.17, 15) is 9.59 Å². The maximum Gasteiger partial charge on any atom is 0.302 e. The zero-order chi connectivity index (χ0) is 21.0. The average molecular weight is 416 g/mol. The number of thiocarbonyl (C=S) groups is 1. The highest BCUT2D eigenvalue weighted by atomic mass is 32.1. The molecule has 29 heavy (non-hydrogen) atoms. The molecule has 0 aromatic heterocycles. The molecular formula is C24H33NO3S. The summed E-state index contributed by atoms with van der Waals surface area (Å²) >= 11 is 4.91. The number of fused-ring (bicyclic) bond motifs is 5. The lowest BCUT2D eigenvalue weighted by Crippen LogP contribution is -2.51. The molecule has 8 atom stereocenters. The second-order valence-corrected chi connectivity index (χ2v) is 10.6. The number of nitrogens with zero attached hydrogens (tertiary/aromatic N) is 1. The van der Waals surface area contributed by atoms with Gasteiger partial charge in [-0.2, -0.15) is 0 Å². The predicted molar refractivity (Wildman–Crippen MR) is 116 cm³/mol. The Morgan fingerprint density at radius 1 is 1.21 bits per heavy atom. The molecule has 0 aromatic rings. The van der Waals surface area contributed by atoms with E-state index in [2.05, 4.69) is 30.1 Å². The fourth-order valence-corrected chi connectivity index (χ4v) is 8.04. The van der Waals surface area contributed by atoms with Crippen molar-refractivity contribution in [1.82, 2.24) is 0 Å². The Balaban J connectivity index is 1.63. The molecule has 0 heterocycles. The van der Waals surface area contributed by atoms with Crippen molar-refractivity contribution in [2.75, 3.05) is 0 Å². The molecule has 4 aliphatic carbocycles. The number of allylic oxidation sites excluding steroid dienone is 1. The molecule has 4 aliphatic rings. The van der Waals surface area contributed by atoms with E-state index in [1.165, 1.54) is 18.9 Å².